The van der Waals surface area contributed by atoms with Gasteiger partial charge in [0.15, 0.2) is 11.8 Å². The molecule has 0 saturated heterocycles. The maximum absolute atomic E-state index is 6.01. The molecule has 1 aliphatic carbocycles. The average Bonchev–Trinajstić information content (AvgIpc) is 3.27. The zero-order chi connectivity index (χ0) is 16.8. The van der Waals surface area contributed by atoms with Crippen LogP contribution in [-0.4, -0.2) is 61.1 Å². The fourth-order valence-corrected chi connectivity index (χ4v) is 4.82. The van der Waals surface area contributed by atoms with Crippen molar-refractivity contribution in [1.29, 1.82) is 0 Å². The smallest absolute Gasteiger partial charge is 0.187 e. The minimum Gasteiger partial charge on any atom is -0.478 e. The lowest BCUT2D eigenvalue weighted by atomic mass is 9.79. The van der Waals surface area contributed by atoms with Crippen LogP contribution in [0.4, 0.5) is 0 Å². The maximum Gasteiger partial charge on any atom is 0.187 e. The van der Waals surface area contributed by atoms with Gasteiger partial charge in [0.25, 0.3) is 0 Å². The van der Waals surface area contributed by atoms with Gasteiger partial charge in [-0.15, -0.1) is 0 Å². The minimum absolute atomic E-state index is 0.357. The molecule has 0 aromatic carbocycles. The largest absolute Gasteiger partial charge is 0.478 e. The Hall–Kier alpha value is -0.360. The first-order valence-electron chi connectivity index (χ1n) is 9.20. The van der Waals surface area contributed by atoms with Crippen LogP contribution in [0, 0.1) is 11.8 Å². The summed E-state index contributed by atoms with van der Waals surface area (Å²) >= 11 is 3.77. The van der Waals surface area contributed by atoms with Gasteiger partial charge in [0.1, 0.15) is 13.2 Å². The predicted octanol–water partition coefficient (Wildman–Crippen LogP) is 3.89. The third-order valence-electron chi connectivity index (χ3n) is 5.18. The van der Waals surface area contributed by atoms with Crippen LogP contribution in [0.25, 0.3) is 0 Å². The summed E-state index contributed by atoms with van der Waals surface area (Å²) in [4.78, 5) is 9.81. The molecule has 2 heterocycles. The second-order valence-electron chi connectivity index (χ2n) is 6.92. The van der Waals surface area contributed by atoms with Crippen LogP contribution in [0.2, 0.25) is 0 Å². The van der Waals surface area contributed by atoms with E-state index in [0.29, 0.717) is 23.9 Å². The van der Waals surface area contributed by atoms with Crippen molar-refractivity contribution in [2.45, 2.75) is 50.6 Å². The molecule has 1 fully saturated rings. The summed E-state index contributed by atoms with van der Waals surface area (Å²) in [5, 5.41) is 0. The zero-order valence-electron chi connectivity index (χ0n) is 14.9. The van der Waals surface area contributed by atoms with Crippen molar-refractivity contribution in [3.05, 3.63) is 0 Å². The van der Waals surface area contributed by atoms with Gasteiger partial charge in [-0.2, -0.15) is 23.5 Å². The summed E-state index contributed by atoms with van der Waals surface area (Å²) in [6, 6.07) is 0.714. The van der Waals surface area contributed by atoms with Crippen molar-refractivity contribution in [3.63, 3.8) is 0 Å². The number of ether oxygens (including phenoxy) is 2. The van der Waals surface area contributed by atoms with Crippen molar-refractivity contribution in [2.24, 2.45) is 21.8 Å². The van der Waals surface area contributed by atoms with Gasteiger partial charge in [0.05, 0.1) is 12.1 Å². The first-order chi connectivity index (χ1) is 11.8. The molecule has 0 radical (unpaired) electrons. The van der Waals surface area contributed by atoms with E-state index in [9.17, 15) is 0 Å². The summed E-state index contributed by atoms with van der Waals surface area (Å²) < 4.78 is 12.0. The van der Waals surface area contributed by atoms with Crippen LogP contribution in [0.1, 0.15) is 38.5 Å². The molecule has 3 rings (SSSR count). The Morgan fingerprint density at radius 2 is 1.29 bits per heavy atom. The van der Waals surface area contributed by atoms with Crippen molar-refractivity contribution in [1.82, 2.24) is 0 Å². The number of thioether (sulfide) groups is 2. The quantitative estimate of drug-likeness (QED) is 0.650. The lowest BCUT2D eigenvalue weighted by Gasteiger charge is -2.30. The molecule has 6 heteroatoms. The van der Waals surface area contributed by atoms with Gasteiger partial charge < -0.3 is 9.47 Å². The highest BCUT2D eigenvalue weighted by Crippen LogP contribution is 2.36. The highest BCUT2D eigenvalue weighted by Gasteiger charge is 2.39. The molecule has 3 aliphatic rings. The Balaban J connectivity index is 1.64. The Labute approximate surface area is 154 Å². The first-order valence-corrected chi connectivity index (χ1v) is 12.0. The number of rotatable bonds is 8. The van der Waals surface area contributed by atoms with Gasteiger partial charge in [0, 0.05) is 11.8 Å². The molecule has 0 aromatic rings. The molecule has 2 aliphatic heterocycles. The molecule has 0 unspecified atom stereocenters. The fraction of sp³-hybridized carbons (Fsp3) is 0.889. The van der Waals surface area contributed by atoms with E-state index in [1.165, 1.54) is 12.8 Å². The standard InChI is InChI=1S/C18H30N2O2S2/c1-23-9-7-13-11-21-17(19-13)15-5-3-4-6-16(15)18-20-14(12-22-18)8-10-24-2/h13-16H,3-12H2,1-2H3/t13-,14-,15+,16+/m1/s1. The molecule has 4 nitrogen and oxygen atoms in total. The molecule has 0 bridgehead atoms. The van der Waals surface area contributed by atoms with Crippen LogP contribution in [-0.2, 0) is 9.47 Å². The van der Waals surface area contributed by atoms with Crippen molar-refractivity contribution < 1.29 is 9.47 Å². The topological polar surface area (TPSA) is 43.2 Å². The number of hydrogen-bond donors (Lipinski definition) is 0. The van der Waals surface area contributed by atoms with Crippen LogP contribution in [0.15, 0.2) is 9.98 Å². The third-order valence-corrected chi connectivity index (χ3v) is 6.47. The minimum atomic E-state index is 0.357. The highest BCUT2D eigenvalue weighted by molar-refractivity contribution is 7.98. The van der Waals surface area contributed by atoms with Gasteiger partial charge in [0.2, 0.25) is 0 Å². The second kappa shape index (κ2) is 9.37. The van der Waals surface area contributed by atoms with E-state index in [0.717, 1.165) is 62.2 Å². The van der Waals surface area contributed by atoms with Gasteiger partial charge >= 0.3 is 0 Å². The van der Waals surface area contributed by atoms with E-state index in [1.807, 2.05) is 23.5 Å². The second-order valence-corrected chi connectivity index (χ2v) is 8.90. The SMILES string of the molecule is CSCC[C@@H]1COC([C@H]2CCCC[C@@H]2C2=N[C@H](CCSC)CO2)=N1. The maximum atomic E-state index is 6.01. The molecule has 1 saturated carbocycles. The predicted molar refractivity (Wildman–Crippen MR) is 106 cm³/mol. The molecule has 0 N–H and O–H groups in total. The number of hydrogen-bond acceptors (Lipinski definition) is 6. The van der Waals surface area contributed by atoms with E-state index >= 15 is 0 Å². The number of nitrogens with zero attached hydrogens (tertiary/aromatic N) is 2. The highest BCUT2D eigenvalue weighted by atomic mass is 32.2. The van der Waals surface area contributed by atoms with Gasteiger partial charge in [-0.3, -0.25) is 0 Å². The Kier molecular flexibility index (Phi) is 7.20. The van der Waals surface area contributed by atoms with Crippen molar-refractivity contribution in [3.8, 4) is 0 Å². The Morgan fingerprint density at radius 1 is 0.833 bits per heavy atom. The summed E-state index contributed by atoms with van der Waals surface area (Å²) in [6.45, 7) is 1.53. The molecule has 0 amide bonds. The monoisotopic (exact) mass is 370 g/mol. The summed E-state index contributed by atoms with van der Waals surface area (Å²) in [5.74, 6) is 5.07. The van der Waals surface area contributed by atoms with Crippen LogP contribution in [0.5, 0.6) is 0 Å². The Morgan fingerprint density at radius 3 is 1.71 bits per heavy atom. The van der Waals surface area contributed by atoms with E-state index < -0.39 is 0 Å². The van der Waals surface area contributed by atoms with E-state index in [1.54, 1.807) is 0 Å². The molecule has 24 heavy (non-hydrogen) atoms. The molecular weight excluding hydrogens is 340 g/mol. The summed E-state index contributed by atoms with van der Waals surface area (Å²) in [7, 11) is 0. The summed E-state index contributed by atoms with van der Waals surface area (Å²) in [6.07, 6.45) is 11.4. The van der Waals surface area contributed by atoms with Crippen LogP contribution < -0.4 is 0 Å². The Bertz CT molecular complexity index is 428. The lowest BCUT2D eigenvalue weighted by molar-refractivity contribution is 0.236. The molecule has 0 aromatic heterocycles. The average molecular weight is 371 g/mol. The van der Waals surface area contributed by atoms with E-state index in [4.69, 9.17) is 19.5 Å². The fourth-order valence-electron chi connectivity index (χ4n) is 3.80. The molecule has 0 spiro atoms. The van der Waals surface area contributed by atoms with Crippen molar-refractivity contribution >= 4 is 35.3 Å². The van der Waals surface area contributed by atoms with Crippen LogP contribution in [0.3, 0.4) is 0 Å². The van der Waals surface area contributed by atoms with Gasteiger partial charge in [-0.1, -0.05) is 12.8 Å². The van der Waals surface area contributed by atoms with Crippen LogP contribution >= 0.6 is 23.5 Å². The molecule has 4 atom stereocenters. The molecular formula is C18H30N2O2S2. The third kappa shape index (κ3) is 4.63. The molecule has 136 valence electrons. The number of aliphatic imine (C=N–C) groups is 2. The summed E-state index contributed by atoms with van der Waals surface area (Å²) in [5.41, 5.74) is 0. The van der Waals surface area contributed by atoms with Gasteiger partial charge in [-0.25, -0.2) is 9.98 Å². The van der Waals surface area contributed by atoms with Crippen molar-refractivity contribution in [2.75, 3.05) is 37.2 Å². The van der Waals surface area contributed by atoms with Gasteiger partial charge in [-0.05, 0) is 49.7 Å². The first kappa shape index (κ1) is 18.4. The van der Waals surface area contributed by atoms with E-state index in [-0.39, 0.29) is 0 Å². The lowest BCUT2D eigenvalue weighted by Crippen LogP contribution is -2.33. The van der Waals surface area contributed by atoms with E-state index in [2.05, 4.69) is 12.5 Å². The zero-order valence-corrected chi connectivity index (χ0v) is 16.5. The normalized spacial score (nSPS) is 32.9.